The first-order valence-electron chi connectivity index (χ1n) is 33.7. The zero-order valence-corrected chi connectivity index (χ0v) is 56.6. The minimum absolute atomic E-state index is 0.153. The second-order valence-corrected chi connectivity index (χ2v) is 30.6. The molecule has 3 heterocycles. The zero-order valence-electron chi connectivity index (χ0n) is 56.6. The van der Waals surface area contributed by atoms with Crippen LogP contribution in [0.25, 0.3) is 99.5 Å². The fourth-order valence-corrected chi connectivity index (χ4v) is 14.5. The third-order valence-electron chi connectivity index (χ3n) is 20.0. The maximum Gasteiger partial charge on any atom is 0.252 e. The Morgan fingerprint density at radius 2 is 0.568 bits per heavy atom. The van der Waals surface area contributed by atoms with Gasteiger partial charge in [-0.05, 0) is 200 Å². The molecule has 0 saturated carbocycles. The summed E-state index contributed by atoms with van der Waals surface area (Å²) in [5.41, 5.74) is 22.1. The molecule has 16 rings (SSSR count). The second-order valence-electron chi connectivity index (χ2n) is 30.6. The Bertz CT molecular complexity index is 5000. The second kappa shape index (κ2) is 22.1. The number of fused-ring (bicyclic) bond motifs is 10. The van der Waals surface area contributed by atoms with Gasteiger partial charge in [-0.25, -0.2) is 15.0 Å². The molecular formula is C89H78BN5. The summed E-state index contributed by atoms with van der Waals surface area (Å²) in [5.74, 6) is 1.87. The van der Waals surface area contributed by atoms with Crippen molar-refractivity contribution in [3.8, 4) is 56.4 Å². The van der Waals surface area contributed by atoms with Gasteiger partial charge in [0.2, 0.25) is 0 Å². The van der Waals surface area contributed by atoms with E-state index in [9.17, 15) is 0 Å². The Kier molecular flexibility index (Phi) is 13.9. The number of benzene rings is 13. The quantitative estimate of drug-likeness (QED) is 0.118. The van der Waals surface area contributed by atoms with E-state index in [2.05, 4.69) is 348 Å². The average molecular weight is 1230 g/mol. The van der Waals surface area contributed by atoms with Crippen LogP contribution in [-0.4, -0.2) is 21.7 Å². The Balaban J connectivity index is 1.06. The lowest BCUT2D eigenvalue weighted by Gasteiger charge is -2.45. The van der Waals surface area contributed by atoms with Crippen molar-refractivity contribution >= 4 is 100 Å². The molecule has 0 amide bonds. The molecule has 95 heavy (non-hydrogen) atoms. The van der Waals surface area contributed by atoms with Gasteiger partial charge in [-0.3, -0.25) is 0 Å². The van der Waals surface area contributed by atoms with E-state index in [1.165, 1.54) is 92.9 Å². The van der Waals surface area contributed by atoms with Gasteiger partial charge in [0.25, 0.3) is 6.71 Å². The SMILES string of the molecule is CC(C)(C)c1cc(-c2nc(-c3cc(C(C)(C)C)cc(C(C)(C)C)c3)nc(-c3cc4c5c(c3)N(c3ccc(-c6ccccc6)cc3)c3c(ccc6cc7ccccc7cc36)B5c3ccc5cc6ccccc6cc5c3N4c3ccc(-c4ccccc4)cc3)n2)cc(C(C)(C)C)c1. The summed E-state index contributed by atoms with van der Waals surface area (Å²) in [4.78, 5) is 22.5. The third-order valence-corrected chi connectivity index (χ3v) is 20.0. The Morgan fingerprint density at radius 1 is 0.263 bits per heavy atom. The normalized spacial score (nSPS) is 13.2. The number of hydrogen-bond donors (Lipinski definition) is 0. The van der Waals surface area contributed by atoms with Crippen molar-refractivity contribution in [3.05, 3.63) is 277 Å². The third kappa shape index (κ3) is 10.6. The van der Waals surface area contributed by atoms with Crippen LogP contribution in [0.15, 0.2) is 255 Å². The van der Waals surface area contributed by atoms with Gasteiger partial charge in [-0.1, -0.05) is 253 Å². The smallest absolute Gasteiger partial charge is 0.252 e. The fourth-order valence-electron chi connectivity index (χ4n) is 14.5. The highest BCUT2D eigenvalue weighted by atomic mass is 15.2. The van der Waals surface area contributed by atoms with Gasteiger partial charge < -0.3 is 9.80 Å². The van der Waals surface area contributed by atoms with Gasteiger partial charge in [-0.15, -0.1) is 0 Å². The fraction of sp³-hybridized carbons (Fsp3) is 0.180. The Morgan fingerprint density at radius 3 is 0.905 bits per heavy atom. The lowest BCUT2D eigenvalue weighted by atomic mass is 9.33. The molecule has 0 bridgehead atoms. The van der Waals surface area contributed by atoms with E-state index >= 15 is 0 Å². The minimum Gasteiger partial charge on any atom is -0.311 e. The molecule has 0 atom stereocenters. The molecule has 0 unspecified atom stereocenters. The van der Waals surface area contributed by atoms with Crippen molar-refractivity contribution in [2.45, 2.75) is 105 Å². The van der Waals surface area contributed by atoms with E-state index in [1.54, 1.807) is 0 Å². The molecule has 6 heteroatoms. The monoisotopic (exact) mass is 1230 g/mol. The van der Waals surface area contributed by atoms with Gasteiger partial charge >= 0.3 is 0 Å². The lowest BCUT2D eigenvalue weighted by molar-refractivity contribution is 0.568. The summed E-state index contributed by atoms with van der Waals surface area (Å²) < 4.78 is 0. The molecule has 0 saturated heterocycles. The number of anilines is 6. The van der Waals surface area contributed by atoms with Gasteiger partial charge in [-0.2, -0.15) is 0 Å². The molecule has 5 nitrogen and oxygen atoms in total. The van der Waals surface area contributed by atoms with Crippen LogP contribution in [-0.2, 0) is 21.7 Å². The van der Waals surface area contributed by atoms with E-state index in [1.807, 2.05) is 0 Å². The predicted molar refractivity (Wildman–Crippen MR) is 406 cm³/mol. The molecule has 2 aliphatic heterocycles. The Labute approximate surface area is 560 Å². The topological polar surface area (TPSA) is 45.2 Å². The van der Waals surface area contributed by atoms with E-state index in [4.69, 9.17) is 15.0 Å². The van der Waals surface area contributed by atoms with E-state index in [-0.39, 0.29) is 28.4 Å². The van der Waals surface area contributed by atoms with Crippen molar-refractivity contribution in [3.63, 3.8) is 0 Å². The van der Waals surface area contributed by atoms with Gasteiger partial charge in [0.05, 0.1) is 0 Å². The minimum atomic E-state index is -0.193. The first-order valence-corrected chi connectivity index (χ1v) is 33.7. The molecular weight excluding hydrogens is 1150 g/mol. The van der Waals surface area contributed by atoms with Crippen LogP contribution in [0, 0.1) is 0 Å². The van der Waals surface area contributed by atoms with Crippen molar-refractivity contribution < 1.29 is 0 Å². The molecule has 1 aromatic heterocycles. The predicted octanol–water partition coefficient (Wildman–Crippen LogP) is 22.1. The summed E-state index contributed by atoms with van der Waals surface area (Å²) in [7, 11) is 0. The lowest BCUT2D eigenvalue weighted by Crippen LogP contribution is -2.61. The highest BCUT2D eigenvalue weighted by Gasteiger charge is 2.45. The molecule has 0 N–H and O–H groups in total. The standard InChI is InChI=1S/C89H78BN5/c1-86(2,3)68-45-65(46-69(53-68)87(4,5)6)83-91-84(66-47-70(88(7,8)9)54-71(48-66)89(10,11)12)93-85(92-83)67-51-78-80-79(52-67)95(73-39-33-58(34-40-73)56-25-17-14-18-26-56)82-75-50-62-30-22-20-28-60(62)44-64(75)36-42-77(82)90(80)76-41-35-63-43-59-27-19-21-29-61(59)49-74(63)81(76)94(78)72-37-31-57(32-38-72)55-23-15-13-16-24-55/h13-54H,1-12H3. The maximum atomic E-state index is 5.83. The molecule has 0 spiro atoms. The number of rotatable bonds is 7. The summed E-state index contributed by atoms with van der Waals surface area (Å²) in [6, 6.07) is 95.6. The number of aromatic nitrogens is 3. The van der Waals surface area contributed by atoms with Crippen LogP contribution in [0.4, 0.5) is 34.1 Å². The molecule has 462 valence electrons. The zero-order chi connectivity index (χ0) is 65.4. The molecule has 0 fully saturated rings. The van der Waals surface area contributed by atoms with Crippen molar-refractivity contribution in [2.75, 3.05) is 9.80 Å². The van der Waals surface area contributed by atoms with Crippen molar-refractivity contribution in [1.82, 2.24) is 15.0 Å². The first kappa shape index (κ1) is 59.6. The van der Waals surface area contributed by atoms with E-state index in [0.29, 0.717) is 17.5 Å². The largest absolute Gasteiger partial charge is 0.311 e. The van der Waals surface area contributed by atoms with Crippen molar-refractivity contribution in [2.24, 2.45) is 0 Å². The van der Waals surface area contributed by atoms with Crippen LogP contribution in [0.5, 0.6) is 0 Å². The van der Waals surface area contributed by atoms with Crippen LogP contribution < -0.4 is 26.2 Å². The van der Waals surface area contributed by atoms with E-state index in [0.717, 1.165) is 61.9 Å². The Hall–Kier alpha value is -10.4. The van der Waals surface area contributed by atoms with Crippen LogP contribution in [0.2, 0.25) is 0 Å². The molecule has 13 aromatic carbocycles. The van der Waals surface area contributed by atoms with Crippen molar-refractivity contribution in [1.29, 1.82) is 0 Å². The van der Waals surface area contributed by atoms with Crippen LogP contribution in [0.1, 0.15) is 105 Å². The molecule has 0 aliphatic carbocycles. The average Bonchev–Trinajstić information content (AvgIpc) is 0.687. The molecule has 2 aliphatic rings. The summed E-state index contributed by atoms with van der Waals surface area (Å²) in [6.45, 7) is 27.4. The molecule has 14 aromatic rings. The summed E-state index contributed by atoms with van der Waals surface area (Å²) >= 11 is 0. The highest BCUT2D eigenvalue weighted by molar-refractivity contribution is 7.00. The number of hydrogen-bond acceptors (Lipinski definition) is 5. The van der Waals surface area contributed by atoms with Gasteiger partial charge in [0, 0.05) is 61.6 Å². The first-order chi connectivity index (χ1) is 45.6. The van der Waals surface area contributed by atoms with Gasteiger partial charge in [0.15, 0.2) is 17.5 Å². The molecule has 0 radical (unpaired) electrons. The van der Waals surface area contributed by atoms with Crippen LogP contribution >= 0.6 is 0 Å². The van der Waals surface area contributed by atoms with Crippen LogP contribution in [0.3, 0.4) is 0 Å². The number of nitrogens with zero attached hydrogens (tertiary/aromatic N) is 5. The van der Waals surface area contributed by atoms with E-state index < -0.39 is 0 Å². The maximum absolute atomic E-state index is 5.83. The highest BCUT2D eigenvalue weighted by Crippen LogP contribution is 2.51. The summed E-state index contributed by atoms with van der Waals surface area (Å²) in [6.07, 6.45) is 0. The summed E-state index contributed by atoms with van der Waals surface area (Å²) in [5, 5.41) is 9.54. The van der Waals surface area contributed by atoms with Gasteiger partial charge in [0.1, 0.15) is 0 Å².